The van der Waals surface area contributed by atoms with E-state index in [4.69, 9.17) is 5.73 Å². The molecule has 0 saturated carbocycles. The van der Waals surface area contributed by atoms with Crippen molar-refractivity contribution in [1.29, 1.82) is 0 Å². The van der Waals surface area contributed by atoms with Crippen LogP contribution in [0.5, 0.6) is 0 Å². The Balaban J connectivity index is 2.93. The predicted molar refractivity (Wildman–Crippen MR) is 43.3 cm³/mol. The number of aliphatic imine (C=N–C) groups is 2. The fourth-order valence-corrected chi connectivity index (χ4v) is 0.937. The largest absolute Gasteiger partial charge is 0.404 e. The Bertz CT molecular complexity index is 213. The molecule has 1 aliphatic heterocycles. The Morgan fingerprint density at radius 3 is 2.80 bits per heavy atom. The van der Waals surface area contributed by atoms with Crippen molar-refractivity contribution < 1.29 is 0 Å². The molecule has 3 heteroatoms. The van der Waals surface area contributed by atoms with Crippen LogP contribution < -0.4 is 5.73 Å². The van der Waals surface area contributed by atoms with Gasteiger partial charge in [-0.3, -0.25) is 4.99 Å². The second kappa shape index (κ2) is 2.64. The third-order valence-electron chi connectivity index (χ3n) is 1.59. The molecule has 0 spiro atoms. The molecule has 54 valence electrons. The van der Waals surface area contributed by atoms with Crippen LogP contribution in [0.1, 0.15) is 13.8 Å². The minimum absolute atomic E-state index is 0.169. The summed E-state index contributed by atoms with van der Waals surface area (Å²) in [6.45, 7) is 3.92. The van der Waals surface area contributed by atoms with Crippen LogP contribution in [-0.2, 0) is 0 Å². The van der Waals surface area contributed by atoms with E-state index in [1.165, 1.54) is 0 Å². The third-order valence-corrected chi connectivity index (χ3v) is 1.59. The number of hydrogen-bond acceptors (Lipinski definition) is 3. The summed E-state index contributed by atoms with van der Waals surface area (Å²) in [5.74, 6) is 0. The van der Waals surface area contributed by atoms with Crippen LogP contribution >= 0.6 is 0 Å². The molecule has 1 aliphatic rings. The van der Waals surface area contributed by atoms with E-state index in [9.17, 15) is 0 Å². The molecule has 2 N–H and O–H groups in total. The molecule has 0 amide bonds. The van der Waals surface area contributed by atoms with Gasteiger partial charge in [-0.05, 0) is 13.8 Å². The van der Waals surface area contributed by atoms with Crippen molar-refractivity contribution in [1.82, 2.24) is 0 Å². The van der Waals surface area contributed by atoms with E-state index < -0.39 is 0 Å². The van der Waals surface area contributed by atoms with Gasteiger partial charge in [0.15, 0.2) is 0 Å². The van der Waals surface area contributed by atoms with E-state index in [-0.39, 0.29) is 6.04 Å². The summed E-state index contributed by atoms with van der Waals surface area (Å²) in [6.07, 6.45) is 3.15. The topological polar surface area (TPSA) is 50.7 Å². The van der Waals surface area contributed by atoms with Crippen LogP contribution in [-0.4, -0.2) is 18.1 Å². The molecule has 1 unspecified atom stereocenters. The second-order valence-electron chi connectivity index (χ2n) is 2.28. The van der Waals surface area contributed by atoms with Crippen LogP contribution in [0.4, 0.5) is 0 Å². The number of hydrogen-bond donors (Lipinski definition) is 1. The summed E-state index contributed by atoms with van der Waals surface area (Å²) >= 11 is 0. The molecule has 1 heterocycles. The van der Waals surface area contributed by atoms with Crippen LogP contribution in [0.15, 0.2) is 21.8 Å². The molecule has 1 rings (SSSR count). The number of nitrogens with zero attached hydrogens (tertiary/aromatic N) is 2. The normalized spacial score (nSPS) is 28.8. The van der Waals surface area contributed by atoms with Gasteiger partial charge in [-0.2, -0.15) is 0 Å². The van der Waals surface area contributed by atoms with Crippen molar-refractivity contribution in [2.24, 2.45) is 15.7 Å². The summed E-state index contributed by atoms with van der Waals surface area (Å²) in [5, 5.41) is 0. The highest BCUT2D eigenvalue weighted by Gasteiger charge is 2.11. The van der Waals surface area contributed by atoms with Gasteiger partial charge in [0.1, 0.15) is 6.34 Å². The predicted octanol–water partition coefficient (Wildman–Crippen LogP) is 0.720. The molecule has 0 aromatic carbocycles. The van der Waals surface area contributed by atoms with E-state index in [1.54, 1.807) is 12.5 Å². The van der Waals surface area contributed by atoms with Crippen molar-refractivity contribution in [2.45, 2.75) is 19.9 Å². The van der Waals surface area contributed by atoms with Gasteiger partial charge in [0.2, 0.25) is 0 Å². The second-order valence-corrected chi connectivity index (χ2v) is 2.28. The minimum Gasteiger partial charge on any atom is -0.404 e. The van der Waals surface area contributed by atoms with Crippen molar-refractivity contribution in [3.05, 3.63) is 11.8 Å². The van der Waals surface area contributed by atoms with E-state index in [2.05, 4.69) is 9.98 Å². The van der Waals surface area contributed by atoms with E-state index in [0.717, 1.165) is 11.3 Å². The maximum absolute atomic E-state index is 5.37. The highest BCUT2D eigenvalue weighted by Crippen LogP contribution is 2.10. The van der Waals surface area contributed by atoms with Gasteiger partial charge in [0, 0.05) is 17.5 Å². The van der Waals surface area contributed by atoms with E-state index in [0.29, 0.717) is 0 Å². The quantitative estimate of drug-likeness (QED) is 0.525. The first-order chi connectivity index (χ1) is 4.75. The zero-order valence-electron chi connectivity index (χ0n) is 6.20. The summed E-state index contributed by atoms with van der Waals surface area (Å²) in [6, 6.07) is 0.169. The fraction of sp³-hybridized carbons (Fsp3) is 0.429. The monoisotopic (exact) mass is 137 g/mol. The fourth-order valence-electron chi connectivity index (χ4n) is 0.937. The summed E-state index contributed by atoms with van der Waals surface area (Å²) in [5.41, 5.74) is 7.35. The summed E-state index contributed by atoms with van der Waals surface area (Å²) in [4.78, 5) is 8.08. The Kier molecular flexibility index (Phi) is 1.85. The van der Waals surface area contributed by atoms with E-state index >= 15 is 0 Å². The van der Waals surface area contributed by atoms with Gasteiger partial charge >= 0.3 is 0 Å². The lowest BCUT2D eigenvalue weighted by atomic mass is 10.1. The van der Waals surface area contributed by atoms with Gasteiger partial charge in [-0.15, -0.1) is 0 Å². The molecular weight excluding hydrogens is 126 g/mol. The standard InChI is InChI=1S/C7H11N3/c1-5-7(3-8)6(2)10-4-9-5/h3-5H,8H2,1-2H3. The lowest BCUT2D eigenvalue weighted by molar-refractivity contribution is 0.887. The molecule has 0 saturated heterocycles. The van der Waals surface area contributed by atoms with Crippen LogP contribution in [0.25, 0.3) is 0 Å². The summed E-state index contributed by atoms with van der Waals surface area (Å²) < 4.78 is 0. The number of rotatable bonds is 0. The van der Waals surface area contributed by atoms with E-state index in [1.807, 2.05) is 13.8 Å². The molecule has 3 nitrogen and oxygen atoms in total. The van der Waals surface area contributed by atoms with Crippen LogP contribution in [0, 0.1) is 0 Å². The average Bonchev–Trinajstić information content (AvgIpc) is 1.88. The first-order valence-corrected chi connectivity index (χ1v) is 3.24. The summed E-state index contributed by atoms with van der Waals surface area (Å²) in [7, 11) is 0. The SMILES string of the molecule is CC1=NC=NC(C)C1=CN. The molecule has 10 heavy (non-hydrogen) atoms. The molecule has 0 aliphatic carbocycles. The van der Waals surface area contributed by atoms with Gasteiger partial charge < -0.3 is 5.73 Å². The molecule has 0 aromatic heterocycles. The van der Waals surface area contributed by atoms with Gasteiger partial charge in [-0.25, -0.2) is 4.99 Å². The Labute approximate surface area is 60.4 Å². The maximum Gasteiger partial charge on any atom is 0.110 e. The first kappa shape index (κ1) is 6.99. The number of nitrogens with two attached hydrogens (primary N) is 1. The van der Waals surface area contributed by atoms with Gasteiger partial charge in [0.25, 0.3) is 0 Å². The maximum atomic E-state index is 5.37. The molecular formula is C7H11N3. The van der Waals surface area contributed by atoms with Crippen LogP contribution in [0.2, 0.25) is 0 Å². The molecule has 0 aromatic rings. The van der Waals surface area contributed by atoms with Crippen molar-refractivity contribution >= 4 is 12.1 Å². The zero-order chi connectivity index (χ0) is 7.56. The lowest BCUT2D eigenvalue weighted by Crippen LogP contribution is -2.16. The Morgan fingerprint density at radius 2 is 2.40 bits per heavy atom. The van der Waals surface area contributed by atoms with Crippen molar-refractivity contribution in [3.8, 4) is 0 Å². The van der Waals surface area contributed by atoms with Crippen LogP contribution in [0.3, 0.4) is 0 Å². The lowest BCUT2D eigenvalue weighted by Gasteiger charge is -2.13. The van der Waals surface area contributed by atoms with Crippen molar-refractivity contribution in [2.75, 3.05) is 0 Å². The Hall–Kier alpha value is -1.12. The minimum atomic E-state index is 0.169. The van der Waals surface area contributed by atoms with Gasteiger partial charge in [-0.1, -0.05) is 0 Å². The molecule has 1 atom stereocenters. The van der Waals surface area contributed by atoms with Gasteiger partial charge in [0.05, 0.1) is 6.04 Å². The highest BCUT2D eigenvalue weighted by molar-refractivity contribution is 6.04. The average molecular weight is 137 g/mol. The molecule has 0 bridgehead atoms. The molecule has 0 fully saturated rings. The smallest absolute Gasteiger partial charge is 0.110 e. The molecule has 0 radical (unpaired) electrons. The highest BCUT2D eigenvalue weighted by atomic mass is 14.9. The first-order valence-electron chi connectivity index (χ1n) is 3.24. The zero-order valence-corrected chi connectivity index (χ0v) is 6.20. The third kappa shape index (κ3) is 1.07. The van der Waals surface area contributed by atoms with Crippen molar-refractivity contribution in [3.63, 3.8) is 0 Å². The Morgan fingerprint density at radius 1 is 1.70 bits per heavy atom.